The van der Waals surface area contributed by atoms with Crippen molar-refractivity contribution in [3.05, 3.63) is 34.2 Å². The Morgan fingerprint density at radius 3 is 1.13 bits per heavy atom. The molecular formula is C32H66N2O8P2Tc. The van der Waals surface area contributed by atoms with E-state index in [4.69, 9.17) is 28.4 Å². The topological polar surface area (TPSA) is 118 Å². The summed E-state index contributed by atoms with van der Waals surface area (Å²) < 4.78 is 30.4. The molecule has 0 unspecified atom stereocenters. The summed E-state index contributed by atoms with van der Waals surface area (Å²) in [5.41, 5.74) is -0.854. The molecule has 0 aliphatic rings. The summed E-state index contributed by atoms with van der Waals surface area (Å²) in [5, 5.41) is 8.73. The van der Waals surface area contributed by atoms with E-state index in [0.717, 1.165) is 13.2 Å². The second kappa shape index (κ2) is 32.2. The van der Waals surface area contributed by atoms with E-state index in [2.05, 4.69) is 37.3 Å². The minimum absolute atomic E-state index is 0. The maximum atomic E-state index is 12.2. The largest absolute Gasteiger partial charge is 0.687 e. The molecule has 0 spiro atoms. The number of ketones is 2. The van der Waals surface area contributed by atoms with Crippen LogP contribution in [0.25, 0.3) is 10.6 Å². The van der Waals surface area contributed by atoms with E-state index in [1.165, 1.54) is 65.8 Å². The molecule has 0 rings (SSSR count). The van der Waals surface area contributed by atoms with E-state index >= 15 is 0 Å². The third-order valence-corrected chi connectivity index (χ3v) is 8.87. The van der Waals surface area contributed by atoms with Crippen molar-refractivity contribution in [3.63, 3.8) is 0 Å². The van der Waals surface area contributed by atoms with E-state index in [0.29, 0.717) is 24.5 Å². The molecule has 0 heterocycles. The van der Waals surface area contributed by atoms with E-state index in [1.807, 2.05) is 0 Å². The van der Waals surface area contributed by atoms with E-state index < -0.39 is 11.2 Å². The maximum absolute atomic E-state index is 12.2. The Kier molecular flexibility index (Phi) is 36.9. The van der Waals surface area contributed by atoms with Crippen LogP contribution in [0.5, 0.6) is 0 Å². The third-order valence-electron chi connectivity index (χ3n) is 6.17. The molecule has 0 bridgehead atoms. The smallest absolute Gasteiger partial charge is 0.185 e. The van der Waals surface area contributed by atoms with Crippen LogP contribution in [-0.4, -0.2) is 144 Å². The van der Waals surface area contributed by atoms with Crippen LogP contribution >= 0.6 is 15.8 Å². The number of carbonyl (C=O) groups excluding carboxylic acids is 2. The van der Waals surface area contributed by atoms with Crippen LogP contribution in [0.3, 0.4) is 0 Å². The van der Waals surface area contributed by atoms with Crippen LogP contribution in [0.4, 0.5) is 0 Å². The average Bonchev–Trinajstić information content (AvgIpc) is 2.95. The molecule has 0 aromatic carbocycles. The molecule has 269 valence electrons. The first-order valence-electron chi connectivity index (χ1n) is 15.1. The van der Waals surface area contributed by atoms with Gasteiger partial charge >= 0.3 is 0 Å². The molecule has 10 nitrogen and oxygen atoms in total. The minimum atomic E-state index is -0.929. The summed E-state index contributed by atoms with van der Waals surface area (Å²) in [4.78, 5) is 24.5. The summed E-state index contributed by atoms with van der Waals surface area (Å²) in [7, 11) is 9.57. The molecule has 0 amide bonds. The quantitative estimate of drug-likeness (QED) is 0.0731. The van der Waals surface area contributed by atoms with Crippen LogP contribution in [0.2, 0.25) is 0 Å². The van der Waals surface area contributed by atoms with Gasteiger partial charge in [0.15, 0.2) is 11.6 Å². The molecule has 0 aromatic heterocycles. The van der Waals surface area contributed by atoms with Gasteiger partial charge in [-0.05, 0) is 55.7 Å². The normalized spacial score (nSPS) is 12.1. The number of methoxy groups -OCH3 is 6. The van der Waals surface area contributed by atoms with Crippen LogP contribution in [0.1, 0.15) is 40.5 Å². The molecule has 0 atom stereocenters. The Morgan fingerprint density at radius 2 is 0.911 bits per heavy atom. The molecule has 13 heteroatoms. The first kappa shape index (κ1) is 51.5. The fourth-order valence-corrected chi connectivity index (χ4v) is 4.64. The molecule has 0 saturated heterocycles. The zero-order valence-corrected chi connectivity index (χ0v) is 34.6. The second-order valence-electron chi connectivity index (χ2n) is 11.7. The molecule has 0 aromatic rings. The summed E-state index contributed by atoms with van der Waals surface area (Å²) >= 11 is 0. The number of ether oxygens (including phenoxy) is 6. The van der Waals surface area contributed by atoms with Gasteiger partial charge in [-0.1, -0.05) is 0 Å². The average molecular weight is 768 g/mol. The zero-order chi connectivity index (χ0) is 34.6. The third kappa shape index (κ3) is 32.0. The minimum Gasteiger partial charge on any atom is -0.687 e. The maximum Gasteiger partial charge on any atom is 0.185 e. The number of hydrogen-bond donors (Lipinski definition) is 0. The van der Waals surface area contributed by atoms with E-state index in [-0.39, 0.29) is 60.7 Å². The van der Waals surface area contributed by atoms with Gasteiger partial charge in [0.05, 0.1) is 25.5 Å². The fraction of sp³-hybridized carbons (Fsp3) is 0.812. The Balaban J connectivity index is -0.000000403. The van der Waals surface area contributed by atoms with Crippen molar-refractivity contribution in [1.29, 1.82) is 0 Å². The van der Waals surface area contributed by atoms with Crippen LogP contribution < -0.4 is 0 Å². The van der Waals surface area contributed by atoms with Crippen molar-refractivity contribution in [1.82, 2.24) is 0 Å². The SMILES string of the molecule is COC/C(=C/C(=O)C(C)(C)OC)[N-]CC[N-]/C(=C\C(=O)C(C)(C)OC)COC.COCCC[PH+](C)C.COCCC[PH+](C)C.[99Tc]. The number of carbonyl (C=O) groups is 2. The van der Waals surface area contributed by atoms with Gasteiger partial charge in [0.25, 0.3) is 0 Å². The zero-order valence-electron chi connectivity index (χ0n) is 30.8. The van der Waals surface area contributed by atoms with Gasteiger partial charge < -0.3 is 39.1 Å². The van der Waals surface area contributed by atoms with Gasteiger partial charge in [-0.2, -0.15) is 0 Å². The van der Waals surface area contributed by atoms with Crippen molar-refractivity contribution < 1.29 is 58.1 Å². The molecule has 0 fully saturated rings. The van der Waals surface area contributed by atoms with Gasteiger partial charge in [-0.15, -0.1) is 24.5 Å². The van der Waals surface area contributed by atoms with Gasteiger partial charge in [0.1, 0.15) is 11.2 Å². The molecule has 0 aliphatic carbocycles. The summed E-state index contributed by atoms with van der Waals surface area (Å²) in [6.07, 6.45) is 8.11. The molecule has 1 radical (unpaired) electrons. The van der Waals surface area contributed by atoms with Gasteiger partial charge in [-0.3, -0.25) is 9.59 Å². The van der Waals surface area contributed by atoms with Crippen molar-refractivity contribution in [2.24, 2.45) is 0 Å². The van der Waals surface area contributed by atoms with Crippen LogP contribution in [0, 0.1) is 0 Å². The Bertz CT molecular complexity index is 731. The molecular weight excluding hydrogens is 701 g/mol. The van der Waals surface area contributed by atoms with Gasteiger partial charge in [0, 0.05) is 115 Å². The predicted octanol–water partition coefficient (Wildman–Crippen LogP) is 5.77. The monoisotopic (exact) mass is 767 g/mol. The van der Waals surface area contributed by atoms with Crippen molar-refractivity contribution in [2.45, 2.75) is 51.7 Å². The molecule has 0 aliphatic heterocycles. The first-order valence-corrected chi connectivity index (χ1v) is 20.5. The fourth-order valence-electron chi connectivity index (χ4n) is 2.94. The van der Waals surface area contributed by atoms with Crippen molar-refractivity contribution >= 4 is 27.4 Å². The predicted molar refractivity (Wildman–Crippen MR) is 192 cm³/mol. The summed E-state index contributed by atoms with van der Waals surface area (Å²) in [6, 6.07) is 0. The van der Waals surface area contributed by atoms with Gasteiger partial charge in [0.2, 0.25) is 0 Å². The number of rotatable bonds is 23. The molecule has 45 heavy (non-hydrogen) atoms. The van der Waals surface area contributed by atoms with Crippen LogP contribution in [-0.2, 0) is 58.1 Å². The second-order valence-corrected chi connectivity index (χ2v) is 17.5. The number of hydrogen-bond acceptors (Lipinski definition) is 8. The molecule has 0 N–H and O–H groups in total. The Labute approximate surface area is 291 Å². The van der Waals surface area contributed by atoms with Crippen molar-refractivity contribution in [3.8, 4) is 0 Å². The van der Waals surface area contributed by atoms with Crippen LogP contribution in [0.15, 0.2) is 23.5 Å². The first-order chi connectivity index (χ1) is 20.6. The van der Waals surface area contributed by atoms with Gasteiger partial charge in [-0.25, -0.2) is 0 Å². The Hall–Kier alpha value is -0.311. The Morgan fingerprint density at radius 1 is 0.600 bits per heavy atom. The van der Waals surface area contributed by atoms with E-state index in [1.54, 1.807) is 41.9 Å². The van der Waals surface area contributed by atoms with E-state index in [9.17, 15) is 9.59 Å². The standard InChI is InChI=1S/C20H36N2O6.2C6H15OP.Tc/c1-19(2,27-7)17(23)11-15(13-25-5)21-9-10-22-16(14-26-6)12-18(24)20(3,4)28-8;2*1-7-5-4-6-8(2)3;/h11-12H,9-10,13-14H2,1-8H3,(H2,21,22,23,24);2*4-6H2,1-3H3;/i;;;1+1. The summed E-state index contributed by atoms with van der Waals surface area (Å²) in [6.45, 7) is 19.0. The summed E-state index contributed by atoms with van der Waals surface area (Å²) in [5.74, 6) is -0.398. The molecule has 0 saturated carbocycles. The number of nitrogens with zero attached hydrogens (tertiary/aromatic N) is 2. The van der Waals surface area contributed by atoms with Crippen molar-refractivity contribution in [2.75, 3.05) is 121 Å².